The van der Waals surface area contributed by atoms with Gasteiger partial charge in [0.2, 0.25) is 0 Å². The lowest BCUT2D eigenvalue weighted by Gasteiger charge is -2.20. The average Bonchev–Trinajstić information content (AvgIpc) is 2.58. The Kier molecular flexibility index (Phi) is 3.34. The third-order valence-corrected chi connectivity index (χ3v) is 3.55. The third kappa shape index (κ3) is 2.57. The summed E-state index contributed by atoms with van der Waals surface area (Å²) >= 11 is 12.0. The van der Waals surface area contributed by atoms with Crippen LogP contribution in [0, 0.1) is 0 Å². The van der Waals surface area contributed by atoms with Gasteiger partial charge in [-0.1, -0.05) is 29.3 Å². The van der Waals surface area contributed by atoms with Crippen LogP contribution in [0.4, 0.5) is 0 Å². The zero-order chi connectivity index (χ0) is 12.6. The summed E-state index contributed by atoms with van der Waals surface area (Å²) < 4.78 is 0. The molecule has 3 nitrogen and oxygen atoms in total. The van der Waals surface area contributed by atoms with Gasteiger partial charge in [-0.05, 0) is 25.5 Å². The lowest BCUT2D eigenvalue weighted by molar-refractivity contribution is 0.0572. The van der Waals surface area contributed by atoms with Crippen LogP contribution in [0.2, 0.25) is 10.0 Å². The molecule has 0 aromatic heterocycles. The number of amides is 1. The fourth-order valence-electron chi connectivity index (χ4n) is 1.98. The van der Waals surface area contributed by atoms with Gasteiger partial charge in [-0.2, -0.15) is 0 Å². The summed E-state index contributed by atoms with van der Waals surface area (Å²) in [7, 11) is 0. The monoisotopic (exact) mass is 273 g/mol. The fraction of sp³-hybridized carbons (Fsp3) is 0.417. The van der Waals surface area contributed by atoms with Crippen molar-refractivity contribution < 1.29 is 9.90 Å². The molecule has 0 spiro atoms. The van der Waals surface area contributed by atoms with E-state index in [0.29, 0.717) is 35.1 Å². The van der Waals surface area contributed by atoms with E-state index in [1.807, 2.05) is 0 Å². The van der Waals surface area contributed by atoms with E-state index in [1.54, 1.807) is 30.0 Å². The Labute approximate surface area is 110 Å². The van der Waals surface area contributed by atoms with E-state index >= 15 is 0 Å². The molecule has 0 radical (unpaired) electrons. The van der Waals surface area contributed by atoms with Gasteiger partial charge < -0.3 is 10.0 Å². The number of aliphatic hydroxyl groups is 1. The smallest absolute Gasteiger partial charge is 0.256 e. The topological polar surface area (TPSA) is 40.5 Å². The van der Waals surface area contributed by atoms with Gasteiger partial charge in [0.15, 0.2) is 0 Å². The molecule has 1 aromatic carbocycles. The van der Waals surface area contributed by atoms with Crippen molar-refractivity contribution in [3.05, 3.63) is 33.8 Å². The first-order valence-corrected chi connectivity index (χ1v) is 6.12. The number of carbonyl (C=O) groups is 1. The molecule has 5 heteroatoms. The van der Waals surface area contributed by atoms with Gasteiger partial charge in [0.05, 0.1) is 21.2 Å². The first-order chi connectivity index (χ1) is 7.91. The highest BCUT2D eigenvalue weighted by Crippen LogP contribution is 2.29. The molecule has 1 amide bonds. The van der Waals surface area contributed by atoms with E-state index in [1.165, 1.54) is 0 Å². The van der Waals surface area contributed by atoms with Crippen LogP contribution in [0.3, 0.4) is 0 Å². The molecule has 1 heterocycles. The van der Waals surface area contributed by atoms with Gasteiger partial charge in [0.25, 0.3) is 5.91 Å². The van der Waals surface area contributed by atoms with Gasteiger partial charge in [-0.25, -0.2) is 0 Å². The summed E-state index contributed by atoms with van der Waals surface area (Å²) in [5, 5.41) is 10.5. The molecule has 17 heavy (non-hydrogen) atoms. The molecule has 1 saturated heterocycles. The average molecular weight is 274 g/mol. The van der Waals surface area contributed by atoms with E-state index < -0.39 is 5.60 Å². The van der Waals surface area contributed by atoms with Crippen LogP contribution >= 0.6 is 23.2 Å². The van der Waals surface area contributed by atoms with Gasteiger partial charge in [0.1, 0.15) is 0 Å². The van der Waals surface area contributed by atoms with Crippen LogP contribution in [-0.2, 0) is 0 Å². The Morgan fingerprint density at radius 1 is 1.41 bits per heavy atom. The van der Waals surface area contributed by atoms with E-state index in [4.69, 9.17) is 23.2 Å². The molecular formula is C12H13Cl2NO2. The summed E-state index contributed by atoms with van der Waals surface area (Å²) in [4.78, 5) is 13.8. The zero-order valence-corrected chi connectivity index (χ0v) is 10.9. The number of halogens is 2. The molecule has 1 N–H and O–H groups in total. The van der Waals surface area contributed by atoms with Crippen molar-refractivity contribution in [2.75, 3.05) is 13.1 Å². The van der Waals surface area contributed by atoms with E-state index in [-0.39, 0.29) is 5.91 Å². The Hall–Kier alpha value is -0.770. The van der Waals surface area contributed by atoms with Crippen LogP contribution in [-0.4, -0.2) is 34.6 Å². The minimum absolute atomic E-state index is 0.224. The molecule has 1 aliphatic rings. The number of carbonyl (C=O) groups excluding carboxylic acids is 1. The summed E-state index contributed by atoms with van der Waals surface area (Å²) in [6.07, 6.45) is 0.570. The SMILES string of the molecule is CC1(O)CCN(C(=O)c2c(Cl)cccc2Cl)C1. The molecule has 0 bridgehead atoms. The molecule has 0 aliphatic carbocycles. The van der Waals surface area contributed by atoms with Gasteiger partial charge >= 0.3 is 0 Å². The van der Waals surface area contributed by atoms with Crippen LogP contribution < -0.4 is 0 Å². The van der Waals surface area contributed by atoms with Crippen LogP contribution in [0.15, 0.2) is 18.2 Å². The zero-order valence-electron chi connectivity index (χ0n) is 9.41. The Morgan fingerprint density at radius 3 is 2.47 bits per heavy atom. The Bertz CT molecular complexity index is 440. The van der Waals surface area contributed by atoms with Gasteiger partial charge in [-0.3, -0.25) is 4.79 Å². The minimum atomic E-state index is -0.816. The number of nitrogens with zero attached hydrogens (tertiary/aromatic N) is 1. The maximum Gasteiger partial charge on any atom is 0.256 e. The van der Waals surface area contributed by atoms with Crippen molar-refractivity contribution in [3.63, 3.8) is 0 Å². The molecule has 1 aromatic rings. The van der Waals surface area contributed by atoms with Crippen molar-refractivity contribution in [2.45, 2.75) is 18.9 Å². The highest BCUT2D eigenvalue weighted by Gasteiger charge is 2.35. The number of hydrogen-bond acceptors (Lipinski definition) is 2. The van der Waals surface area contributed by atoms with Gasteiger partial charge in [0, 0.05) is 13.1 Å². The van der Waals surface area contributed by atoms with Crippen molar-refractivity contribution >= 4 is 29.1 Å². The van der Waals surface area contributed by atoms with Crippen molar-refractivity contribution in [1.29, 1.82) is 0 Å². The number of likely N-dealkylation sites (tertiary alicyclic amines) is 1. The van der Waals surface area contributed by atoms with E-state index in [9.17, 15) is 9.90 Å². The molecule has 1 atom stereocenters. The molecule has 1 fully saturated rings. The second kappa shape index (κ2) is 4.48. The van der Waals surface area contributed by atoms with Crippen molar-refractivity contribution in [1.82, 2.24) is 4.90 Å². The minimum Gasteiger partial charge on any atom is -0.388 e. The largest absolute Gasteiger partial charge is 0.388 e. The van der Waals surface area contributed by atoms with Gasteiger partial charge in [-0.15, -0.1) is 0 Å². The quantitative estimate of drug-likeness (QED) is 0.855. The summed E-state index contributed by atoms with van der Waals surface area (Å²) in [6, 6.07) is 4.96. The van der Waals surface area contributed by atoms with Crippen molar-refractivity contribution in [2.24, 2.45) is 0 Å². The molecule has 92 valence electrons. The summed E-state index contributed by atoms with van der Waals surface area (Å²) in [5.41, 5.74) is -0.503. The number of hydrogen-bond donors (Lipinski definition) is 1. The molecule has 2 rings (SSSR count). The van der Waals surface area contributed by atoms with Crippen molar-refractivity contribution in [3.8, 4) is 0 Å². The summed E-state index contributed by atoms with van der Waals surface area (Å²) in [6.45, 7) is 2.55. The predicted octanol–water partition coefficient (Wildman–Crippen LogP) is 2.59. The molecule has 1 unspecified atom stereocenters. The van der Waals surface area contributed by atoms with Crippen LogP contribution in [0.25, 0.3) is 0 Å². The molecular weight excluding hydrogens is 261 g/mol. The Balaban J connectivity index is 2.27. The second-order valence-corrected chi connectivity index (χ2v) is 5.38. The van der Waals surface area contributed by atoms with Crippen LogP contribution in [0.1, 0.15) is 23.7 Å². The first-order valence-electron chi connectivity index (χ1n) is 5.36. The maximum atomic E-state index is 12.2. The standard InChI is InChI=1S/C12H13Cl2NO2/c1-12(17)5-6-15(7-12)11(16)10-8(13)3-2-4-9(10)14/h2-4,17H,5-7H2,1H3. The number of benzene rings is 1. The first kappa shape index (κ1) is 12.7. The second-order valence-electron chi connectivity index (χ2n) is 4.57. The van der Waals surface area contributed by atoms with Crippen LogP contribution in [0.5, 0.6) is 0 Å². The normalized spacial score (nSPS) is 24.1. The molecule has 0 saturated carbocycles. The number of β-amino-alcohol motifs (C(OH)–C–C–N with tert-alkyl or cyclic N) is 1. The number of rotatable bonds is 1. The lowest BCUT2D eigenvalue weighted by atomic mass is 10.1. The van der Waals surface area contributed by atoms with E-state index in [0.717, 1.165) is 0 Å². The fourth-order valence-corrected chi connectivity index (χ4v) is 2.54. The predicted molar refractivity (Wildman–Crippen MR) is 67.6 cm³/mol. The summed E-state index contributed by atoms with van der Waals surface area (Å²) in [5.74, 6) is -0.224. The van der Waals surface area contributed by atoms with E-state index in [2.05, 4.69) is 0 Å². The molecule has 1 aliphatic heterocycles. The maximum absolute atomic E-state index is 12.2. The highest BCUT2D eigenvalue weighted by molar-refractivity contribution is 6.39. The highest BCUT2D eigenvalue weighted by atomic mass is 35.5. The Morgan fingerprint density at radius 2 is 2.00 bits per heavy atom. The third-order valence-electron chi connectivity index (χ3n) is 2.92. The lowest BCUT2D eigenvalue weighted by Crippen LogP contribution is -2.34.